The zero-order chi connectivity index (χ0) is 22.8. The number of fused-ring (bicyclic) bond motifs is 1. The Morgan fingerprint density at radius 3 is 2.53 bits per heavy atom. The van der Waals surface area contributed by atoms with Crippen molar-refractivity contribution < 1.29 is 32.3 Å². The van der Waals surface area contributed by atoms with E-state index in [1.165, 1.54) is 16.0 Å². The molecule has 1 saturated carbocycles. The first-order valence-corrected chi connectivity index (χ1v) is 10.6. The van der Waals surface area contributed by atoms with Crippen LogP contribution in [0.4, 0.5) is 18.0 Å². The van der Waals surface area contributed by atoms with E-state index in [0.717, 1.165) is 23.3 Å². The van der Waals surface area contributed by atoms with Crippen LogP contribution in [0.2, 0.25) is 5.15 Å². The number of carbonyl (C=O) groups is 3. The van der Waals surface area contributed by atoms with E-state index in [1.54, 1.807) is 0 Å². The van der Waals surface area contributed by atoms with Crippen molar-refractivity contribution >= 4 is 35.0 Å². The number of Topliss-reactive ketones (excluding diaryl/α,β-unsaturated/α-hetero) is 1. The number of amides is 2. The number of ketones is 1. The molecule has 0 aromatic carbocycles. The number of imidazole rings is 1. The van der Waals surface area contributed by atoms with Crippen molar-refractivity contribution in [3.05, 3.63) is 34.2 Å². The molecule has 0 radical (unpaired) electrons. The van der Waals surface area contributed by atoms with Gasteiger partial charge in [-0.05, 0) is 36.8 Å². The van der Waals surface area contributed by atoms with E-state index in [0.29, 0.717) is 12.1 Å². The van der Waals surface area contributed by atoms with Crippen molar-refractivity contribution in [2.75, 3.05) is 26.2 Å². The summed E-state index contributed by atoms with van der Waals surface area (Å²) in [5.41, 5.74) is -1.24. The maximum atomic E-state index is 13.7. The average molecular weight is 471 g/mol. The number of alkyl halides is 3. The molecule has 12 heteroatoms. The molecular formula is C20H18ClF3N4O4. The Morgan fingerprint density at radius 1 is 1.19 bits per heavy atom. The van der Waals surface area contributed by atoms with E-state index in [-0.39, 0.29) is 48.7 Å². The summed E-state index contributed by atoms with van der Waals surface area (Å²) in [5.74, 6) is -1.04. The Bertz CT molecular complexity index is 1140. The maximum absolute atomic E-state index is 13.7. The van der Waals surface area contributed by atoms with Gasteiger partial charge in [0.15, 0.2) is 17.1 Å². The van der Waals surface area contributed by atoms with Crippen molar-refractivity contribution in [3.8, 4) is 0 Å². The number of likely N-dealkylation sites (tertiary alicyclic amines) is 1. The predicted molar refractivity (Wildman–Crippen MR) is 105 cm³/mol. The van der Waals surface area contributed by atoms with Gasteiger partial charge in [-0.1, -0.05) is 11.6 Å². The highest BCUT2D eigenvalue weighted by Crippen LogP contribution is 2.43. The molecule has 3 aliphatic rings. The summed E-state index contributed by atoms with van der Waals surface area (Å²) in [6.45, 7) is 0.330. The van der Waals surface area contributed by atoms with E-state index in [4.69, 9.17) is 16.3 Å². The van der Waals surface area contributed by atoms with E-state index in [9.17, 15) is 27.6 Å². The first-order valence-electron chi connectivity index (χ1n) is 10.2. The Kier molecular flexibility index (Phi) is 4.84. The monoisotopic (exact) mass is 470 g/mol. The molecule has 170 valence electrons. The highest BCUT2D eigenvalue weighted by Gasteiger charge is 2.41. The second-order valence-electron chi connectivity index (χ2n) is 8.21. The van der Waals surface area contributed by atoms with Gasteiger partial charge in [-0.15, -0.1) is 0 Å². The van der Waals surface area contributed by atoms with Crippen molar-refractivity contribution in [2.24, 2.45) is 0 Å². The molecule has 0 spiro atoms. The summed E-state index contributed by atoms with van der Waals surface area (Å²) in [6.07, 6.45) is -1.96. The van der Waals surface area contributed by atoms with Crippen molar-refractivity contribution in [1.29, 1.82) is 0 Å². The van der Waals surface area contributed by atoms with Gasteiger partial charge in [0.1, 0.15) is 11.8 Å². The van der Waals surface area contributed by atoms with Crippen LogP contribution in [-0.2, 0) is 15.7 Å². The van der Waals surface area contributed by atoms with Crippen LogP contribution in [0.15, 0.2) is 12.3 Å². The fraction of sp³-hybridized carbons (Fsp3) is 0.500. The minimum atomic E-state index is -4.67. The van der Waals surface area contributed by atoms with Gasteiger partial charge in [0, 0.05) is 12.7 Å². The smallest absolute Gasteiger partial charge is 0.419 e. The summed E-state index contributed by atoms with van der Waals surface area (Å²) in [5, 5.41) is -0.226. The summed E-state index contributed by atoms with van der Waals surface area (Å²) < 4.78 is 47.0. The van der Waals surface area contributed by atoms with Crippen LogP contribution in [0.25, 0.3) is 5.65 Å². The Morgan fingerprint density at radius 2 is 1.94 bits per heavy atom. The quantitative estimate of drug-likeness (QED) is 0.688. The second kappa shape index (κ2) is 7.36. The number of hydrogen-bond donors (Lipinski definition) is 0. The Hall–Kier alpha value is -2.82. The lowest BCUT2D eigenvalue weighted by Gasteiger charge is -2.34. The standard InChI is InChI=1S/C20H18ClF3N4O4/c21-16-15(18(30)26-4-3-13(14(29)9-26)27-5-6-32-19(27)31)25-17-12(20(22,23)24)7-11(8-28(16)17)10-1-2-10/h7-8,10,13H,1-6,9H2/t13-/m0/s1. The van der Waals surface area contributed by atoms with E-state index < -0.39 is 35.4 Å². The SMILES string of the molecule is O=C1CN(C(=O)c2nc3c(C(F)(F)F)cc(C4CC4)cn3c2Cl)CC[C@@H]1N1CCOC1=O. The molecule has 8 nitrogen and oxygen atoms in total. The van der Waals surface area contributed by atoms with Crippen molar-refractivity contribution in [1.82, 2.24) is 19.2 Å². The van der Waals surface area contributed by atoms with E-state index in [2.05, 4.69) is 4.98 Å². The van der Waals surface area contributed by atoms with Gasteiger partial charge < -0.3 is 9.64 Å². The molecular weight excluding hydrogens is 453 g/mol. The molecule has 1 aliphatic carbocycles. The number of nitrogens with zero attached hydrogens (tertiary/aromatic N) is 4. The number of rotatable bonds is 3. The first-order chi connectivity index (χ1) is 15.1. The Balaban J connectivity index is 1.45. The average Bonchev–Trinajstić information content (AvgIpc) is 3.43. The molecule has 1 atom stereocenters. The number of carbonyl (C=O) groups excluding carboxylic acids is 3. The molecule has 4 heterocycles. The molecule has 32 heavy (non-hydrogen) atoms. The van der Waals surface area contributed by atoms with Crippen LogP contribution in [-0.4, -0.2) is 69.3 Å². The van der Waals surface area contributed by atoms with Gasteiger partial charge in [-0.2, -0.15) is 13.2 Å². The van der Waals surface area contributed by atoms with Crippen molar-refractivity contribution in [2.45, 2.75) is 37.4 Å². The lowest BCUT2D eigenvalue weighted by Crippen LogP contribution is -2.53. The van der Waals surface area contributed by atoms with Gasteiger partial charge in [0.2, 0.25) is 0 Å². The maximum Gasteiger partial charge on any atom is 0.419 e. The normalized spacial score (nSPS) is 22.1. The molecule has 0 N–H and O–H groups in total. The number of hydrogen-bond acceptors (Lipinski definition) is 5. The molecule has 2 amide bonds. The highest BCUT2D eigenvalue weighted by molar-refractivity contribution is 6.33. The molecule has 2 saturated heterocycles. The minimum absolute atomic E-state index is 0.0343. The molecule has 2 aromatic heterocycles. The highest BCUT2D eigenvalue weighted by atomic mass is 35.5. The third-order valence-corrected chi connectivity index (χ3v) is 6.45. The fourth-order valence-corrected chi connectivity index (χ4v) is 4.53. The van der Waals surface area contributed by atoms with Gasteiger partial charge >= 0.3 is 12.3 Å². The zero-order valence-corrected chi connectivity index (χ0v) is 17.4. The van der Waals surface area contributed by atoms with Gasteiger partial charge in [-0.25, -0.2) is 9.78 Å². The van der Waals surface area contributed by atoms with Crippen molar-refractivity contribution in [3.63, 3.8) is 0 Å². The number of cyclic esters (lactones) is 1. The molecule has 0 unspecified atom stereocenters. The number of halogens is 4. The third kappa shape index (κ3) is 3.48. The summed E-state index contributed by atoms with van der Waals surface area (Å²) in [7, 11) is 0. The number of aromatic nitrogens is 2. The molecule has 2 aromatic rings. The summed E-state index contributed by atoms with van der Waals surface area (Å²) in [6, 6.07) is 0.373. The van der Waals surface area contributed by atoms with E-state index in [1.807, 2.05) is 0 Å². The number of piperidine rings is 1. The molecule has 2 aliphatic heterocycles. The number of ether oxygens (including phenoxy) is 1. The second-order valence-corrected chi connectivity index (χ2v) is 8.57. The zero-order valence-electron chi connectivity index (χ0n) is 16.7. The lowest BCUT2D eigenvalue weighted by atomic mass is 10.0. The minimum Gasteiger partial charge on any atom is -0.448 e. The molecule has 3 fully saturated rings. The lowest BCUT2D eigenvalue weighted by molar-refractivity contribution is -0.136. The summed E-state index contributed by atoms with van der Waals surface area (Å²) >= 11 is 6.31. The van der Waals surface area contributed by atoms with Crippen LogP contribution < -0.4 is 0 Å². The van der Waals surface area contributed by atoms with Gasteiger partial charge in [0.25, 0.3) is 5.91 Å². The van der Waals surface area contributed by atoms with Gasteiger partial charge in [-0.3, -0.25) is 18.9 Å². The fourth-order valence-electron chi connectivity index (χ4n) is 4.28. The summed E-state index contributed by atoms with van der Waals surface area (Å²) in [4.78, 5) is 43.8. The first kappa shape index (κ1) is 21.0. The largest absolute Gasteiger partial charge is 0.448 e. The van der Waals surface area contributed by atoms with Crippen LogP contribution in [0, 0.1) is 0 Å². The van der Waals surface area contributed by atoms with Gasteiger partial charge in [0.05, 0.1) is 24.7 Å². The van der Waals surface area contributed by atoms with Crippen LogP contribution >= 0.6 is 11.6 Å². The van der Waals surface area contributed by atoms with Crippen LogP contribution in [0.3, 0.4) is 0 Å². The number of pyridine rings is 1. The predicted octanol–water partition coefficient (Wildman–Crippen LogP) is 3.12. The third-order valence-electron chi connectivity index (χ3n) is 6.09. The van der Waals surface area contributed by atoms with Crippen LogP contribution in [0.5, 0.6) is 0 Å². The van der Waals surface area contributed by atoms with Crippen LogP contribution in [0.1, 0.15) is 46.8 Å². The Labute approximate surface area is 184 Å². The topological polar surface area (TPSA) is 84.2 Å². The molecule has 5 rings (SSSR count). The van der Waals surface area contributed by atoms with E-state index >= 15 is 0 Å². The molecule has 0 bridgehead atoms.